The van der Waals surface area contributed by atoms with Crippen LogP contribution in [-0.2, 0) is 20.3 Å². The van der Waals surface area contributed by atoms with E-state index in [0.717, 1.165) is 18.1 Å². The SMILES string of the molecule is CC1CCC(C2COC(C3CCC(c4cc(F)c(C(F)(F)Oc5cc(F)c(F)c(F)c5)c(F)c4)OC3)OC2)CC1. The molecule has 5 rings (SSSR count). The quantitative estimate of drug-likeness (QED) is 0.260. The summed E-state index contributed by atoms with van der Waals surface area (Å²) in [5, 5.41) is 0. The summed E-state index contributed by atoms with van der Waals surface area (Å²) in [5.74, 6) is -8.22. The molecule has 2 heterocycles. The van der Waals surface area contributed by atoms with E-state index in [-0.39, 0.29) is 30.2 Å². The molecule has 3 aliphatic rings. The van der Waals surface area contributed by atoms with E-state index in [0.29, 0.717) is 37.9 Å². The molecule has 0 amide bonds. The maximum Gasteiger partial charge on any atom is 0.432 e. The fourth-order valence-corrected chi connectivity index (χ4v) is 5.93. The molecule has 0 radical (unpaired) electrons. The largest absolute Gasteiger partial charge is 0.432 e. The first-order valence-electron chi connectivity index (χ1n) is 13.6. The Morgan fingerprint density at radius 1 is 0.675 bits per heavy atom. The van der Waals surface area contributed by atoms with Crippen molar-refractivity contribution in [1.82, 2.24) is 0 Å². The highest BCUT2D eigenvalue weighted by Crippen LogP contribution is 2.41. The van der Waals surface area contributed by atoms with Gasteiger partial charge in [0.25, 0.3) is 0 Å². The molecular weight excluding hydrogens is 545 g/mol. The highest BCUT2D eigenvalue weighted by atomic mass is 19.3. The van der Waals surface area contributed by atoms with Crippen LogP contribution in [0, 0.1) is 52.8 Å². The summed E-state index contributed by atoms with van der Waals surface area (Å²) >= 11 is 0. The highest BCUT2D eigenvalue weighted by Gasteiger charge is 2.42. The third kappa shape index (κ3) is 6.26. The highest BCUT2D eigenvalue weighted by molar-refractivity contribution is 5.32. The Balaban J connectivity index is 1.18. The fraction of sp³-hybridized carbons (Fsp3) is 0.586. The first-order chi connectivity index (χ1) is 19.0. The van der Waals surface area contributed by atoms with E-state index in [1.54, 1.807) is 0 Å². The fourth-order valence-electron chi connectivity index (χ4n) is 5.93. The number of rotatable bonds is 6. The maximum atomic E-state index is 14.8. The van der Waals surface area contributed by atoms with Crippen LogP contribution < -0.4 is 4.74 Å². The van der Waals surface area contributed by atoms with Crippen molar-refractivity contribution in [3.8, 4) is 5.75 Å². The lowest BCUT2D eigenvalue weighted by molar-refractivity contribution is -0.248. The van der Waals surface area contributed by atoms with E-state index in [9.17, 15) is 30.7 Å². The van der Waals surface area contributed by atoms with Gasteiger partial charge < -0.3 is 18.9 Å². The minimum Gasteiger partial charge on any atom is -0.429 e. The topological polar surface area (TPSA) is 36.9 Å². The summed E-state index contributed by atoms with van der Waals surface area (Å²) in [6, 6.07) is 1.74. The van der Waals surface area contributed by atoms with E-state index >= 15 is 0 Å². The van der Waals surface area contributed by atoms with Crippen LogP contribution in [0.15, 0.2) is 24.3 Å². The molecule has 2 saturated heterocycles. The average Bonchev–Trinajstić information content (AvgIpc) is 2.91. The molecule has 0 N–H and O–H groups in total. The minimum absolute atomic E-state index is 0.0175. The molecule has 40 heavy (non-hydrogen) atoms. The molecule has 0 spiro atoms. The zero-order chi connectivity index (χ0) is 28.6. The van der Waals surface area contributed by atoms with E-state index < -0.39 is 58.9 Å². The summed E-state index contributed by atoms with van der Waals surface area (Å²) in [5.41, 5.74) is -1.73. The second kappa shape index (κ2) is 11.9. The molecule has 2 unspecified atom stereocenters. The lowest BCUT2D eigenvalue weighted by atomic mass is 9.76. The van der Waals surface area contributed by atoms with Gasteiger partial charge in [-0.25, -0.2) is 22.0 Å². The van der Waals surface area contributed by atoms with E-state index in [1.165, 1.54) is 25.7 Å². The van der Waals surface area contributed by atoms with Gasteiger partial charge in [0, 0.05) is 24.0 Å². The first-order valence-corrected chi connectivity index (χ1v) is 13.6. The van der Waals surface area contributed by atoms with Crippen molar-refractivity contribution in [3.05, 3.63) is 64.5 Å². The normalized spacial score (nSPS) is 29.8. The molecular formula is C29H31F7O4. The summed E-state index contributed by atoms with van der Waals surface area (Å²) in [7, 11) is 0. The Labute approximate surface area is 227 Å². The summed E-state index contributed by atoms with van der Waals surface area (Å²) in [6.07, 6.45) is -0.0742. The Morgan fingerprint density at radius 3 is 1.77 bits per heavy atom. The van der Waals surface area contributed by atoms with Crippen molar-refractivity contribution in [2.24, 2.45) is 23.7 Å². The van der Waals surface area contributed by atoms with E-state index in [1.807, 2.05) is 0 Å². The number of halogens is 7. The molecule has 1 saturated carbocycles. The van der Waals surface area contributed by atoms with Gasteiger partial charge in [-0.05, 0) is 55.2 Å². The predicted molar refractivity (Wildman–Crippen MR) is 129 cm³/mol. The zero-order valence-electron chi connectivity index (χ0n) is 21.9. The van der Waals surface area contributed by atoms with E-state index in [2.05, 4.69) is 11.7 Å². The van der Waals surface area contributed by atoms with Gasteiger partial charge in [0.2, 0.25) is 0 Å². The Morgan fingerprint density at radius 2 is 1.23 bits per heavy atom. The van der Waals surface area contributed by atoms with Gasteiger partial charge in [-0.3, -0.25) is 0 Å². The molecule has 220 valence electrons. The second-order valence-electron chi connectivity index (χ2n) is 11.2. The summed E-state index contributed by atoms with van der Waals surface area (Å²) in [4.78, 5) is 0. The molecule has 3 fully saturated rings. The van der Waals surface area contributed by atoms with Crippen molar-refractivity contribution < 1.29 is 49.7 Å². The molecule has 2 atom stereocenters. The van der Waals surface area contributed by atoms with E-state index in [4.69, 9.17) is 14.2 Å². The van der Waals surface area contributed by atoms with Gasteiger partial charge in [-0.2, -0.15) is 8.78 Å². The van der Waals surface area contributed by atoms with Gasteiger partial charge in [-0.15, -0.1) is 0 Å². The monoisotopic (exact) mass is 576 g/mol. The van der Waals surface area contributed by atoms with Crippen molar-refractivity contribution >= 4 is 0 Å². The standard InChI is InChI=1S/C29H31F7O4/c1-15-2-4-16(5-3-15)19-13-38-28(39-14-19)17-6-7-25(37-12-17)18-8-21(30)26(22(31)9-18)29(35,36)40-20-10-23(32)27(34)24(33)11-20/h8-11,15-17,19,25,28H,2-7,12-14H2,1H3. The molecule has 0 aromatic heterocycles. The molecule has 11 heteroatoms. The molecule has 0 bridgehead atoms. The van der Waals surface area contributed by atoms with Crippen molar-refractivity contribution in [2.45, 2.75) is 64.0 Å². The smallest absolute Gasteiger partial charge is 0.429 e. The molecule has 2 aliphatic heterocycles. The third-order valence-electron chi connectivity index (χ3n) is 8.30. The van der Waals surface area contributed by atoms with Crippen LogP contribution in [0.25, 0.3) is 0 Å². The lowest BCUT2D eigenvalue weighted by Gasteiger charge is -2.40. The lowest BCUT2D eigenvalue weighted by Crippen LogP contribution is -2.43. The number of hydrogen-bond acceptors (Lipinski definition) is 4. The number of hydrogen-bond donors (Lipinski definition) is 0. The molecule has 1 aliphatic carbocycles. The van der Waals surface area contributed by atoms with Crippen LogP contribution in [0.1, 0.15) is 62.7 Å². The van der Waals surface area contributed by atoms with Crippen molar-refractivity contribution in [1.29, 1.82) is 0 Å². The third-order valence-corrected chi connectivity index (χ3v) is 8.30. The Hall–Kier alpha value is -2.37. The van der Waals surface area contributed by atoms with Crippen LogP contribution in [0.3, 0.4) is 0 Å². The van der Waals surface area contributed by atoms with Gasteiger partial charge in [-0.1, -0.05) is 19.8 Å². The Bertz CT molecular complexity index is 1140. The van der Waals surface area contributed by atoms with Crippen LogP contribution in [0.4, 0.5) is 30.7 Å². The Kier molecular flexibility index (Phi) is 8.63. The van der Waals surface area contributed by atoms with Crippen LogP contribution >= 0.6 is 0 Å². The summed E-state index contributed by atoms with van der Waals surface area (Å²) in [6.45, 7) is 3.72. The van der Waals surface area contributed by atoms with Gasteiger partial charge in [0.1, 0.15) is 22.9 Å². The minimum atomic E-state index is -4.65. The maximum absolute atomic E-state index is 14.8. The zero-order valence-corrected chi connectivity index (χ0v) is 21.9. The number of ether oxygens (including phenoxy) is 4. The van der Waals surface area contributed by atoms with Gasteiger partial charge >= 0.3 is 6.11 Å². The molecule has 4 nitrogen and oxygen atoms in total. The second-order valence-corrected chi connectivity index (χ2v) is 11.2. The van der Waals surface area contributed by atoms with Crippen molar-refractivity contribution in [3.63, 3.8) is 0 Å². The predicted octanol–water partition coefficient (Wildman–Crippen LogP) is 7.79. The van der Waals surface area contributed by atoms with Gasteiger partial charge in [0.05, 0.1) is 25.9 Å². The van der Waals surface area contributed by atoms with Crippen molar-refractivity contribution in [2.75, 3.05) is 19.8 Å². The number of alkyl halides is 2. The van der Waals surface area contributed by atoms with Gasteiger partial charge in [0.15, 0.2) is 23.7 Å². The average molecular weight is 577 g/mol. The molecule has 2 aromatic rings. The molecule has 2 aromatic carbocycles. The van der Waals surface area contributed by atoms with Crippen LogP contribution in [0.5, 0.6) is 5.75 Å². The summed E-state index contributed by atoms with van der Waals surface area (Å²) < 4.78 is 121. The van der Waals surface area contributed by atoms with Crippen LogP contribution in [-0.4, -0.2) is 26.1 Å². The first kappa shape index (κ1) is 29.1. The number of benzene rings is 2. The van der Waals surface area contributed by atoms with Crippen LogP contribution in [0.2, 0.25) is 0 Å².